The van der Waals surface area contributed by atoms with Gasteiger partial charge in [-0.2, -0.15) is 0 Å². The van der Waals surface area contributed by atoms with Crippen molar-refractivity contribution in [1.29, 1.82) is 0 Å². The number of thiophene rings is 1. The summed E-state index contributed by atoms with van der Waals surface area (Å²) in [5.41, 5.74) is 1.50. The van der Waals surface area contributed by atoms with E-state index in [0.717, 1.165) is 29.5 Å². The van der Waals surface area contributed by atoms with Gasteiger partial charge < -0.3 is 4.98 Å². The number of fused-ring (bicyclic) bond motifs is 3. The van der Waals surface area contributed by atoms with E-state index in [9.17, 15) is 9.18 Å². The van der Waals surface area contributed by atoms with Gasteiger partial charge in [-0.25, -0.2) is 9.37 Å². The number of nitrogens with one attached hydrogen (secondary N) is 1. The summed E-state index contributed by atoms with van der Waals surface area (Å²) in [6.45, 7) is 2.24. The molecule has 1 aliphatic carbocycles. The molecule has 0 spiro atoms. The first-order chi connectivity index (χ1) is 12.0. The molecule has 2 heterocycles. The Kier molecular flexibility index (Phi) is 4.60. The number of aromatic amines is 1. The molecule has 0 amide bonds. The maximum atomic E-state index is 13.9. The standard InChI is InChI=1S/C18H16ClFN2OS2/c1-9-5-6-10-14(7-9)25-17-15(10)16(23)21-18(22-17)24-8-11-12(19)3-2-4-13(11)20/h2-4,9H,5-8H2,1H3,(H,21,22,23)/t9-/m0/s1. The summed E-state index contributed by atoms with van der Waals surface area (Å²) in [4.78, 5) is 22.1. The second-order valence-electron chi connectivity index (χ2n) is 6.39. The molecule has 1 atom stereocenters. The van der Waals surface area contributed by atoms with E-state index in [2.05, 4.69) is 16.9 Å². The van der Waals surface area contributed by atoms with Crippen LogP contribution in [0.4, 0.5) is 4.39 Å². The third-order valence-electron chi connectivity index (χ3n) is 4.56. The smallest absolute Gasteiger partial charge is 0.260 e. The monoisotopic (exact) mass is 394 g/mol. The SMILES string of the molecule is C[C@H]1CCc2c(sc3nc(SCc4c(F)cccc4Cl)[nH]c(=O)c23)C1. The van der Waals surface area contributed by atoms with Gasteiger partial charge in [-0.3, -0.25) is 4.79 Å². The Morgan fingerprint density at radius 2 is 2.32 bits per heavy atom. The van der Waals surface area contributed by atoms with Gasteiger partial charge >= 0.3 is 0 Å². The quantitative estimate of drug-likeness (QED) is 0.491. The number of H-pyrrole nitrogens is 1. The van der Waals surface area contributed by atoms with E-state index in [-0.39, 0.29) is 11.4 Å². The fourth-order valence-electron chi connectivity index (χ4n) is 3.21. The van der Waals surface area contributed by atoms with Crippen LogP contribution in [0.15, 0.2) is 28.2 Å². The van der Waals surface area contributed by atoms with Crippen LogP contribution >= 0.6 is 34.7 Å². The van der Waals surface area contributed by atoms with E-state index in [1.54, 1.807) is 23.5 Å². The summed E-state index contributed by atoms with van der Waals surface area (Å²) < 4.78 is 13.9. The molecule has 1 N–H and O–H groups in total. The molecule has 4 rings (SSSR count). The number of nitrogens with zero attached hydrogens (tertiary/aromatic N) is 1. The number of thioether (sulfide) groups is 1. The van der Waals surface area contributed by atoms with Crippen LogP contribution < -0.4 is 5.56 Å². The molecule has 0 bridgehead atoms. The maximum Gasteiger partial charge on any atom is 0.260 e. The predicted molar refractivity (Wildman–Crippen MR) is 102 cm³/mol. The Labute approximate surface area is 157 Å². The average Bonchev–Trinajstić information content (AvgIpc) is 2.92. The van der Waals surface area contributed by atoms with Crippen LogP contribution in [0.5, 0.6) is 0 Å². The lowest BCUT2D eigenvalue weighted by Gasteiger charge is -2.17. The van der Waals surface area contributed by atoms with Crippen LogP contribution in [-0.4, -0.2) is 9.97 Å². The maximum absolute atomic E-state index is 13.9. The summed E-state index contributed by atoms with van der Waals surface area (Å²) >= 11 is 8.97. The van der Waals surface area contributed by atoms with Gasteiger partial charge in [0.25, 0.3) is 5.56 Å². The van der Waals surface area contributed by atoms with Crippen molar-refractivity contribution in [3.63, 3.8) is 0 Å². The molecule has 0 aliphatic heterocycles. The van der Waals surface area contributed by atoms with Crippen LogP contribution in [0, 0.1) is 11.7 Å². The molecule has 0 saturated carbocycles. The Hall–Kier alpha value is -1.37. The van der Waals surface area contributed by atoms with Gasteiger partial charge in [0, 0.05) is 21.2 Å². The number of aromatic nitrogens is 2. The van der Waals surface area contributed by atoms with Gasteiger partial charge in [-0.05, 0) is 42.9 Å². The number of rotatable bonds is 3. The van der Waals surface area contributed by atoms with E-state index >= 15 is 0 Å². The van der Waals surface area contributed by atoms with Crippen molar-refractivity contribution in [3.05, 3.63) is 55.4 Å². The van der Waals surface area contributed by atoms with Gasteiger partial charge in [0.2, 0.25) is 0 Å². The largest absolute Gasteiger partial charge is 0.301 e. The van der Waals surface area contributed by atoms with Crippen molar-refractivity contribution in [3.8, 4) is 0 Å². The van der Waals surface area contributed by atoms with Crippen molar-refractivity contribution < 1.29 is 4.39 Å². The summed E-state index contributed by atoms with van der Waals surface area (Å²) in [5, 5.41) is 1.63. The Morgan fingerprint density at radius 1 is 1.48 bits per heavy atom. The number of hydrogen-bond acceptors (Lipinski definition) is 4. The number of aryl methyl sites for hydroxylation is 1. The predicted octanol–water partition coefficient (Wildman–Crippen LogP) is 5.19. The lowest BCUT2D eigenvalue weighted by molar-refractivity contribution is 0.509. The van der Waals surface area contributed by atoms with Crippen molar-refractivity contribution in [2.45, 2.75) is 37.1 Å². The molecule has 3 nitrogen and oxygen atoms in total. The Bertz CT molecular complexity index is 994. The minimum Gasteiger partial charge on any atom is -0.301 e. The van der Waals surface area contributed by atoms with Crippen LogP contribution in [-0.2, 0) is 18.6 Å². The van der Waals surface area contributed by atoms with Crippen LogP contribution in [0.3, 0.4) is 0 Å². The summed E-state index contributed by atoms with van der Waals surface area (Å²) in [5.74, 6) is 0.628. The van der Waals surface area contributed by atoms with Gasteiger partial charge in [-0.15, -0.1) is 11.3 Å². The molecule has 7 heteroatoms. The highest BCUT2D eigenvalue weighted by Gasteiger charge is 2.23. The lowest BCUT2D eigenvalue weighted by atomic mass is 9.89. The second kappa shape index (κ2) is 6.74. The van der Waals surface area contributed by atoms with Crippen molar-refractivity contribution in [2.24, 2.45) is 5.92 Å². The number of halogens is 2. The highest BCUT2D eigenvalue weighted by molar-refractivity contribution is 7.98. The molecule has 0 radical (unpaired) electrons. The second-order valence-corrected chi connectivity index (χ2v) is 8.85. The van der Waals surface area contributed by atoms with Gasteiger partial charge in [0.15, 0.2) is 5.16 Å². The average molecular weight is 395 g/mol. The molecule has 3 aromatic rings. The molecular weight excluding hydrogens is 379 g/mol. The Balaban J connectivity index is 1.66. The molecule has 1 aromatic carbocycles. The Morgan fingerprint density at radius 3 is 3.12 bits per heavy atom. The zero-order valence-electron chi connectivity index (χ0n) is 13.6. The van der Waals surface area contributed by atoms with E-state index in [0.29, 0.717) is 27.4 Å². The molecule has 130 valence electrons. The highest BCUT2D eigenvalue weighted by Crippen LogP contribution is 2.36. The molecule has 1 aliphatic rings. The molecular formula is C18H16ClFN2OS2. The zero-order chi connectivity index (χ0) is 17.6. The fraction of sp³-hybridized carbons (Fsp3) is 0.333. The highest BCUT2D eigenvalue weighted by atomic mass is 35.5. The van der Waals surface area contributed by atoms with Crippen LogP contribution in [0.2, 0.25) is 5.02 Å². The van der Waals surface area contributed by atoms with Gasteiger partial charge in [-0.1, -0.05) is 36.4 Å². The topological polar surface area (TPSA) is 45.8 Å². The third kappa shape index (κ3) is 3.23. The van der Waals surface area contributed by atoms with Crippen molar-refractivity contribution in [1.82, 2.24) is 9.97 Å². The normalized spacial score (nSPS) is 17.0. The molecule has 0 fully saturated rings. The molecule has 25 heavy (non-hydrogen) atoms. The van der Waals surface area contributed by atoms with Crippen molar-refractivity contribution in [2.75, 3.05) is 0 Å². The number of benzene rings is 1. The first kappa shape index (κ1) is 17.1. The third-order valence-corrected chi connectivity index (χ3v) is 6.96. The lowest BCUT2D eigenvalue weighted by Crippen LogP contribution is -2.13. The zero-order valence-corrected chi connectivity index (χ0v) is 16.0. The van der Waals surface area contributed by atoms with Crippen molar-refractivity contribution >= 4 is 44.9 Å². The summed E-state index contributed by atoms with van der Waals surface area (Å²) in [6.07, 6.45) is 3.07. The summed E-state index contributed by atoms with van der Waals surface area (Å²) in [7, 11) is 0. The van der Waals surface area contributed by atoms with E-state index in [1.165, 1.54) is 28.3 Å². The first-order valence-electron chi connectivity index (χ1n) is 8.13. The molecule has 0 saturated heterocycles. The molecule has 2 aromatic heterocycles. The first-order valence-corrected chi connectivity index (χ1v) is 10.3. The van der Waals surface area contributed by atoms with Crippen LogP contribution in [0.25, 0.3) is 10.2 Å². The minimum absolute atomic E-state index is 0.0980. The fourth-order valence-corrected chi connectivity index (χ4v) is 5.85. The summed E-state index contributed by atoms with van der Waals surface area (Å²) in [6, 6.07) is 4.62. The van der Waals surface area contributed by atoms with E-state index in [1.807, 2.05) is 0 Å². The minimum atomic E-state index is -0.344. The van der Waals surface area contributed by atoms with E-state index in [4.69, 9.17) is 11.6 Å². The van der Waals surface area contributed by atoms with E-state index < -0.39 is 0 Å². The van der Waals surface area contributed by atoms with Crippen LogP contribution in [0.1, 0.15) is 29.3 Å². The number of hydrogen-bond donors (Lipinski definition) is 1. The van der Waals surface area contributed by atoms with Gasteiger partial charge in [0.05, 0.1) is 5.39 Å². The molecule has 0 unspecified atom stereocenters. The van der Waals surface area contributed by atoms with Gasteiger partial charge in [0.1, 0.15) is 10.6 Å².